The van der Waals surface area contributed by atoms with Gasteiger partial charge in [-0.25, -0.2) is 0 Å². The Kier molecular flexibility index (Phi) is 5.25. The Morgan fingerprint density at radius 1 is 1.35 bits per heavy atom. The summed E-state index contributed by atoms with van der Waals surface area (Å²) in [7, 11) is 1.55. The third-order valence-electron chi connectivity index (χ3n) is 2.87. The Bertz CT molecular complexity index is 573. The van der Waals surface area contributed by atoms with Gasteiger partial charge in [0.25, 0.3) is 0 Å². The molecule has 0 saturated carbocycles. The number of halogens is 1. The van der Waals surface area contributed by atoms with Crippen molar-refractivity contribution in [3.63, 3.8) is 0 Å². The Labute approximate surface area is 126 Å². The van der Waals surface area contributed by atoms with Crippen molar-refractivity contribution < 1.29 is 14.9 Å². The molecule has 4 nitrogen and oxygen atoms in total. The summed E-state index contributed by atoms with van der Waals surface area (Å²) < 4.78 is 5.68. The van der Waals surface area contributed by atoms with Gasteiger partial charge in [0.2, 0.25) is 0 Å². The zero-order valence-electron chi connectivity index (χ0n) is 11.0. The maximum absolute atomic E-state index is 9.97. The molecule has 3 N–H and O–H groups in total. The summed E-state index contributed by atoms with van der Waals surface area (Å²) in [6, 6.07) is 8.71. The molecule has 1 unspecified atom stereocenters. The predicted molar refractivity (Wildman–Crippen MR) is 80.7 cm³/mol. The van der Waals surface area contributed by atoms with Crippen LogP contribution in [-0.2, 0) is 6.54 Å². The van der Waals surface area contributed by atoms with Crippen molar-refractivity contribution in [1.29, 1.82) is 0 Å². The van der Waals surface area contributed by atoms with E-state index in [4.69, 9.17) is 16.3 Å². The fourth-order valence-corrected chi connectivity index (χ4v) is 2.82. The Balaban J connectivity index is 1.86. The third kappa shape index (κ3) is 3.86. The molecule has 20 heavy (non-hydrogen) atoms. The molecule has 0 spiro atoms. The summed E-state index contributed by atoms with van der Waals surface area (Å²) in [5, 5.41) is 22.9. The smallest absolute Gasteiger partial charge is 0.123 e. The number of hydrogen-bond donors (Lipinski definition) is 3. The zero-order valence-corrected chi connectivity index (χ0v) is 12.5. The van der Waals surface area contributed by atoms with Gasteiger partial charge >= 0.3 is 0 Å². The van der Waals surface area contributed by atoms with E-state index >= 15 is 0 Å². The van der Waals surface area contributed by atoms with Crippen LogP contribution in [0.3, 0.4) is 0 Å². The van der Waals surface area contributed by atoms with E-state index in [1.807, 2.05) is 6.07 Å². The Hall–Kier alpha value is -1.27. The van der Waals surface area contributed by atoms with E-state index in [0.717, 1.165) is 10.4 Å². The van der Waals surface area contributed by atoms with E-state index in [9.17, 15) is 10.2 Å². The first kappa shape index (κ1) is 15.1. The molecule has 108 valence electrons. The largest absolute Gasteiger partial charge is 0.507 e. The number of rotatable bonds is 6. The average molecular weight is 314 g/mol. The average Bonchev–Trinajstić information content (AvgIpc) is 2.87. The molecule has 0 bridgehead atoms. The van der Waals surface area contributed by atoms with Crippen molar-refractivity contribution in [2.45, 2.75) is 12.6 Å². The molecular formula is C14H16ClNO3S. The highest BCUT2D eigenvalue weighted by Crippen LogP contribution is 2.27. The number of thiophene rings is 1. The molecule has 0 aliphatic rings. The maximum atomic E-state index is 9.97. The molecule has 0 radical (unpaired) electrons. The minimum Gasteiger partial charge on any atom is -0.507 e. The van der Waals surface area contributed by atoms with Crippen LogP contribution in [0.15, 0.2) is 30.3 Å². The van der Waals surface area contributed by atoms with Crippen LogP contribution in [-0.4, -0.2) is 23.9 Å². The first-order valence-electron chi connectivity index (χ1n) is 6.10. The lowest BCUT2D eigenvalue weighted by Crippen LogP contribution is -2.20. The van der Waals surface area contributed by atoms with E-state index in [2.05, 4.69) is 5.32 Å². The SMILES string of the molecule is COc1ccc(CNCC(O)c2ccc(Cl)s2)c(O)c1. The standard InChI is InChI=1S/C14H16ClNO3S/c1-19-10-3-2-9(11(17)6-10)7-16-8-12(18)13-4-5-14(15)20-13/h2-6,12,16-18H,7-8H2,1H3. The summed E-state index contributed by atoms with van der Waals surface area (Å²) in [6.45, 7) is 0.855. The van der Waals surface area contributed by atoms with Crippen molar-refractivity contribution in [1.82, 2.24) is 5.32 Å². The van der Waals surface area contributed by atoms with Crippen LogP contribution in [0.25, 0.3) is 0 Å². The van der Waals surface area contributed by atoms with Crippen molar-refractivity contribution in [2.24, 2.45) is 0 Å². The van der Waals surface area contributed by atoms with Crippen LogP contribution in [0.2, 0.25) is 4.34 Å². The van der Waals surface area contributed by atoms with Gasteiger partial charge in [-0.1, -0.05) is 17.7 Å². The first-order valence-corrected chi connectivity index (χ1v) is 7.29. The van der Waals surface area contributed by atoms with Crippen LogP contribution in [0.5, 0.6) is 11.5 Å². The van der Waals surface area contributed by atoms with E-state index in [-0.39, 0.29) is 5.75 Å². The fraction of sp³-hybridized carbons (Fsp3) is 0.286. The second-order valence-corrected chi connectivity index (χ2v) is 6.03. The van der Waals surface area contributed by atoms with Crippen LogP contribution in [0, 0.1) is 0 Å². The normalized spacial score (nSPS) is 12.3. The molecule has 1 aromatic heterocycles. The molecule has 1 aromatic carbocycles. The number of methoxy groups -OCH3 is 1. The fourth-order valence-electron chi connectivity index (χ4n) is 1.77. The highest BCUT2D eigenvalue weighted by molar-refractivity contribution is 7.16. The summed E-state index contributed by atoms with van der Waals surface area (Å²) >= 11 is 7.19. The second kappa shape index (κ2) is 6.95. The maximum Gasteiger partial charge on any atom is 0.123 e. The van der Waals surface area contributed by atoms with Crippen molar-refractivity contribution in [2.75, 3.05) is 13.7 Å². The number of ether oxygens (including phenoxy) is 1. The molecule has 2 rings (SSSR count). The summed E-state index contributed by atoms with van der Waals surface area (Å²) in [5.41, 5.74) is 0.752. The van der Waals surface area contributed by atoms with Gasteiger partial charge in [-0.15, -0.1) is 11.3 Å². The topological polar surface area (TPSA) is 61.7 Å². The van der Waals surface area contributed by atoms with Gasteiger partial charge in [-0.3, -0.25) is 0 Å². The monoisotopic (exact) mass is 313 g/mol. The van der Waals surface area contributed by atoms with Gasteiger partial charge < -0.3 is 20.3 Å². The molecule has 0 aliphatic carbocycles. The Morgan fingerprint density at radius 2 is 2.15 bits per heavy atom. The van der Waals surface area contributed by atoms with E-state index in [1.54, 1.807) is 31.4 Å². The number of nitrogens with one attached hydrogen (secondary N) is 1. The molecule has 0 amide bonds. The van der Waals surface area contributed by atoms with Crippen LogP contribution < -0.4 is 10.1 Å². The number of phenolic OH excluding ortho intramolecular Hbond substituents is 1. The van der Waals surface area contributed by atoms with Crippen LogP contribution in [0.4, 0.5) is 0 Å². The molecule has 1 atom stereocenters. The van der Waals surface area contributed by atoms with Gasteiger partial charge in [0.15, 0.2) is 0 Å². The summed E-state index contributed by atoms with van der Waals surface area (Å²) in [6.07, 6.45) is -0.604. The highest BCUT2D eigenvalue weighted by atomic mass is 35.5. The van der Waals surface area contributed by atoms with Crippen molar-refractivity contribution in [3.05, 3.63) is 45.1 Å². The molecule has 2 aromatic rings. The second-order valence-electron chi connectivity index (χ2n) is 4.28. The molecular weight excluding hydrogens is 298 g/mol. The zero-order chi connectivity index (χ0) is 14.5. The molecule has 0 fully saturated rings. The molecule has 0 saturated heterocycles. The van der Waals surface area contributed by atoms with Gasteiger partial charge in [0.1, 0.15) is 17.6 Å². The van der Waals surface area contributed by atoms with E-state index in [0.29, 0.717) is 23.2 Å². The predicted octanol–water partition coefficient (Wildman–Crippen LogP) is 2.94. The lowest BCUT2D eigenvalue weighted by Gasteiger charge is -2.11. The minimum atomic E-state index is -0.604. The van der Waals surface area contributed by atoms with Crippen molar-refractivity contribution >= 4 is 22.9 Å². The lowest BCUT2D eigenvalue weighted by atomic mass is 10.2. The molecule has 1 heterocycles. The number of aromatic hydroxyl groups is 1. The summed E-state index contributed by atoms with van der Waals surface area (Å²) in [5.74, 6) is 0.782. The number of hydrogen-bond acceptors (Lipinski definition) is 5. The van der Waals surface area contributed by atoms with Gasteiger partial charge in [-0.05, 0) is 18.2 Å². The van der Waals surface area contributed by atoms with Crippen LogP contribution in [0.1, 0.15) is 16.5 Å². The quantitative estimate of drug-likeness (QED) is 0.767. The number of aliphatic hydroxyl groups is 1. The van der Waals surface area contributed by atoms with Gasteiger partial charge in [0.05, 0.1) is 11.4 Å². The van der Waals surface area contributed by atoms with Crippen LogP contribution >= 0.6 is 22.9 Å². The van der Waals surface area contributed by atoms with E-state index in [1.165, 1.54) is 11.3 Å². The number of benzene rings is 1. The first-order chi connectivity index (χ1) is 9.60. The summed E-state index contributed by atoms with van der Waals surface area (Å²) in [4.78, 5) is 0.821. The minimum absolute atomic E-state index is 0.172. The lowest BCUT2D eigenvalue weighted by molar-refractivity contribution is 0.178. The molecule has 6 heteroatoms. The van der Waals surface area contributed by atoms with Crippen molar-refractivity contribution in [3.8, 4) is 11.5 Å². The third-order valence-corrected chi connectivity index (χ3v) is 4.20. The van der Waals surface area contributed by atoms with E-state index < -0.39 is 6.10 Å². The van der Waals surface area contributed by atoms with Gasteiger partial charge in [-0.2, -0.15) is 0 Å². The highest BCUT2D eigenvalue weighted by Gasteiger charge is 2.10. The van der Waals surface area contributed by atoms with Gasteiger partial charge in [0, 0.05) is 29.6 Å². The number of phenols is 1. The number of aliphatic hydroxyl groups excluding tert-OH is 1. The Morgan fingerprint density at radius 3 is 2.75 bits per heavy atom. The molecule has 0 aliphatic heterocycles.